The molecule has 2 amide bonds. The number of urea groups is 1. The van der Waals surface area contributed by atoms with E-state index in [9.17, 15) is 4.79 Å². The zero-order valence-corrected chi connectivity index (χ0v) is 12.9. The smallest absolute Gasteiger partial charge is 0.316 e. The van der Waals surface area contributed by atoms with Gasteiger partial charge in [0.2, 0.25) is 0 Å². The zero-order chi connectivity index (χ0) is 15.5. The molecule has 0 radical (unpaired) electrons. The largest absolute Gasteiger partial charge is 0.322 e. The Kier molecular flexibility index (Phi) is 4.04. The number of carbonyl (C=O) groups is 1. The Morgan fingerprint density at radius 1 is 1.27 bits per heavy atom. The summed E-state index contributed by atoms with van der Waals surface area (Å²) in [7, 11) is 0. The Morgan fingerprint density at radius 2 is 2.09 bits per heavy atom. The van der Waals surface area contributed by atoms with E-state index in [1.807, 2.05) is 49.1 Å². The lowest BCUT2D eigenvalue weighted by Gasteiger charge is -2.23. The number of rotatable bonds is 4. The molecule has 0 aliphatic heterocycles. The van der Waals surface area contributed by atoms with Crippen LogP contribution in [0.15, 0.2) is 36.5 Å². The summed E-state index contributed by atoms with van der Waals surface area (Å²) in [6.45, 7) is 4.38. The van der Waals surface area contributed by atoms with Gasteiger partial charge in [-0.25, -0.2) is 4.79 Å². The van der Waals surface area contributed by atoms with E-state index in [1.165, 1.54) is 0 Å². The summed E-state index contributed by atoms with van der Waals surface area (Å²) in [6, 6.07) is 9.82. The van der Waals surface area contributed by atoms with E-state index >= 15 is 0 Å². The number of nitrogens with zero attached hydrogens (tertiary/aromatic N) is 3. The van der Waals surface area contributed by atoms with Crippen LogP contribution >= 0.6 is 0 Å². The highest BCUT2D eigenvalue weighted by Gasteiger charge is 2.33. The van der Waals surface area contributed by atoms with E-state index in [4.69, 9.17) is 0 Å². The van der Waals surface area contributed by atoms with Gasteiger partial charge in [-0.1, -0.05) is 6.07 Å². The summed E-state index contributed by atoms with van der Waals surface area (Å²) in [5, 5.41) is 2.98. The molecule has 2 heterocycles. The van der Waals surface area contributed by atoms with Gasteiger partial charge in [0.1, 0.15) is 0 Å². The lowest BCUT2D eigenvalue weighted by molar-refractivity contribution is 0.205. The zero-order valence-electron chi connectivity index (χ0n) is 12.9. The van der Waals surface area contributed by atoms with Crippen LogP contribution in [0.1, 0.15) is 29.9 Å². The number of pyridine rings is 2. The second kappa shape index (κ2) is 6.13. The summed E-state index contributed by atoms with van der Waals surface area (Å²) in [5.74, 6) is 0. The number of carbonyl (C=O) groups excluding carboxylic acids is 1. The predicted molar refractivity (Wildman–Crippen MR) is 85.5 cm³/mol. The van der Waals surface area contributed by atoms with Gasteiger partial charge in [-0.05, 0) is 51.0 Å². The highest BCUT2D eigenvalue weighted by Crippen LogP contribution is 2.29. The molecule has 1 aliphatic carbocycles. The normalized spacial score (nSPS) is 13.7. The molecule has 0 unspecified atom stereocenters. The number of nitrogens with one attached hydrogen (secondary N) is 1. The maximum absolute atomic E-state index is 12.6. The molecule has 5 nitrogen and oxygen atoms in total. The van der Waals surface area contributed by atoms with Crippen LogP contribution in [0.4, 0.5) is 10.5 Å². The highest BCUT2D eigenvalue weighted by molar-refractivity contribution is 5.90. The second-order valence-corrected chi connectivity index (χ2v) is 5.70. The van der Waals surface area contributed by atoms with Gasteiger partial charge in [-0.3, -0.25) is 9.97 Å². The summed E-state index contributed by atoms with van der Waals surface area (Å²) in [6.07, 6.45) is 3.88. The van der Waals surface area contributed by atoms with Crippen molar-refractivity contribution in [2.45, 2.75) is 39.3 Å². The Labute approximate surface area is 130 Å². The summed E-state index contributed by atoms with van der Waals surface area (Å²) in [5.41, 5.74) is 3.45. The second-order valence-electron chi connectivity index (χ2n) is 5.70. The third-order valence-electron chi connectivity index (χ3n) is 3.77. The summed E-state index contributed by atoms with van der Waals surface area (Å²) < 4.78 is 0. The van der Waals surface area contributed by atoms with E-state index in [0.29, 0.717) is 12.6 Å². The van der Waals surface area contributed by atoms with Crippen LogP contribution in [-0.4, -0.2) is 26.9 Å². The van der Waals surface area contributed by atoms with E-state index in [1.54, 1.807) is 6.20 Å². The molecule has 1 saturated carbocycles. The van der Waals surface area contributed by atoms with Crippen LogP contribution in [0, 0.1) is 13.8 Å². The van der Waals surface area contributed by atoms with Crippen molar-refractivity contribution in [3.63, 3.8) is 0 Å². The van der Waals surface area contributed by atoms with Crippen LogP contribution in [-0.2, 0) is 6.54 Å². The van der Waals surface area contributed by atoms with Crippen LogP contribution < -0.4 is 5.32 Å². The monoisotopic (exact) mass is 296 g/mol. The summed E-state index contributed by atoms with van der Waals surface area (Å²) in [4.78, 5) is 23.2. The number of anilines is 1. The lowest BCUT2D eigenvalue weighted by atomic mass is 10.2. The van der Waals surface area contributed by atoms with E-state index in [-0.39, 0.29) is 6.03 Å². The molecule has 0 atom stereocenters. The number of aromatic nitrogens is 2. The van der Waals surface area contributed by atoms with Gasteiger partial charge in [-0.2, -0.15) is 0 Å². The number of hydrogen-bond acceptors (Lipinski definition) is 3. The molecule has 5 heteroatoms. The first kappa shape index (κ1) is 14.5. The number of aryl methyl sites for hydroxylation is 2. The molecule has 2 aromatic rings. The van der Waals surface area contributed by atoms with Crippen molar-refractivity contribution in [1.29, 1.82) is 0 Å². The fourth-order valence-electron chi connectivity index (χ4n) is 2.42. The molecule has 2 aromatic heterocycles. The molecule has 0 aromatic carbocycles. The molecule has 1 fully saturated rings. The molecular weight excluding hydrogens is 276 g/mol. The first-order valence-corrected chi connectivity index (χ1v) is 7.55. The van der Waals surface area contributed by atoms with Gasteiger partial charge in [0.15, 0.2) is 0 Å². The van der Waals surface area contributed by atoms with Crippen molar-refractivity contribution in [3.05, 3.63) is 53.6 Å². The molecule has 0 bridgehead atoms. The topological polar surface area (TPSA) is 58.1 Å². The quantitative estimate of drug-likeness (QED) is 0.942. The van der Waals surface area contributed by atoms with E-state index in [2.05, 4.69) is 15.3 Å². The minimum Gasteiger partial charge on any atom is -0.316 e. The Hall–Kier alpha value is -2.43. The fraction of sp³-hybridized carbons (Fsp3) is 0.353. The maximum Gasteiger partial charge on any atom is 0.322 e. The van der Waals surface area contributed by atoms with Gasteiger partial charge < -0.3 is 10.2 Å². The van der Waals surface area contributed by atoms with Crippen LogP contribution in [0.5, 0.6) is 0 Å². The van der Waals surface area contributed by atoms with Gasteiger partial charge in [0.25, 0.3) is 0 Å². The molecule has 0 saturated heterocycles. The average molecular weight is 296 g/mol. The minimum absolute atomic E-state index is 0.0816. The van der Waals surface area contributed by atoms with Crippen molar-refractivity contribution in [1.82, 2.24) is 14.9 Å². The minimum atomic E-state index is -0.0816. The molecule has 22 heavy (non-hydrogen) atoms. The average Bonchev–Trinajstić information content (AvgIpc) is 3.33. The Balaban J connectivity index is 1.73. The molecular formula is C17H20N4O. The van der Waals surface area contributed by atoms with Crippen LogP contribution in [0.25, 0.3) is 0 Å². The van der Waals surface area contributed by atoms with Gasteiger partial charge in [0, 0.05) is 17.9 Å². The third-order valence-corrected chi connectivity index (χ3v) is 3.77. The fourth-order valence-corrected chi connectivity index (χ4v) is 2.42. The van der Waals surface area contributed by atoms with Gasteiger partial charge in [-0.15, -0.1) is 0 Å². The maximum atomic E-state index is 12.6. The molecule has 114 valence electrons. The van der Waals surface area contributed by atoms with Crippen molar-refractivity contribution in [2.24, 2.45) is 0 Å². The van der Waals surface area contributed by atoms with Crippen LogP contribution in [0.2, 0.25) is 0 Å². The number of hydrogen-bond donors (Lipinski definition) is 1. The highest BCUT2D eigenvalue weighted by atomic mass is 16.2. The SMILES string of the molecule is Cc1ccc(NC(=O)N(Cc2ccccn2)C2CC2)c(C)n1. The molecule has 1 N–H and O–H groups in total. The first-order chi connectivity index (χ1) is 10.6. The number of amides is 2. The summed E-state index contributed by atoms with van der Waals surface area (Å²) >= 11 is 0. The lowest BCUT2D eigenvalue weighted by Crippen LogP contribution is -2.36. The van der Waals surface area contributed by atoms with Crippen molar-refractivity contribution in [3.8, 4) is 0 Å². The van der Waals surface area contributed by atoms with Gasteiger partial charge >= 0.3 is 6.03 Å². The van der Waals surface area contributed by atoms with Crippen molar-refractivity contribution in [2.75, 3.05) is 5.32 Å². The van der Waals surface area contributed by atoms with Crippen molar-refractivity contribution < 1.29 is 4.79 Å². The molecule has 1 aliphatic rings. The standard InChI is InChI=1S/C17H20N4O/c1-12-6-9-16(13(2)19-12)20-17(22)21(15-7-8-15)11-14-5-3-4-10-18-14/h3-6,9-10,15H,7-8,11H2,1-2H3,(H,20,22). The van der Waals surface area contributed by atoms with E-state index in [0.717, 1.165) is 35.6 Å². The third kappa shape index (κ3) is 3.42. The molecule has 0 spiro atoms. The molecule has 3 rings (SSSR count). The van der Waals surface area contributed by atoms with Crippen molar-refractivity contribution >= 4 is 11.7 Å². The van der Waals surface area contributed by atoms with Crippen LogP contribution in [0.3, 0.4) is 0 Å². The first-order valence-electron chi connectivity index (χ1n) is 7.55. The predicted octanol–water partition coefficient (Wildman–Crippen LogP) is 3.29. The van der Waals surface area contributed by atoms with E-state index < -0.39 is 0 Å². The Morgan fingerprint density at radius 3 is 2.73 bits per heavy atom. The Bertz CT molecular complexity index is 668. The van der Waals surface area contributed by atoms with Gasteiger partial charge in [0.05, 0.1) is 23.6 Å².